The Morgan fingerprint density at radius 2 is 2.25 bits per heavy atom. The Hall–Kier alpha value is -1.65. The van der Waals surface area contributed by atoms with Crippen molar-refractivity contribution in [2.45, 2.75) is 31.7 Å². The van der Waals surface area contributed by atoms with Crippen LogP contribution in [0, 0.1) is 0 Å². The first-order valence-corrected chi connectivity index (χ1v) is 5.48. The Morgan fingerprint density at radius 1 is 1.50 bits per heavy atom. The van der Waals surface area contributed by atoms with Gasteiger partial charge in [-0.3, -0.25) is 0 Å². The number of anilines is 1. The standard InChI is InChI=1S/C11H15N3O2/c1-16-11(15)9-6-7-12-14-10(9)13-8-4-2-3-5-8/h6-8H,2-5H2,1H3,(H,13,14). The van der Waals surface area contributed by atoms with Crippen LogP contribution in [0.4, 0.5) is 5.82 Å². The number of esters is 1. The summed E-state index contributed by atoms with van der Waals surface area (Å²) >= 11 is 0. The molecule has 0 aromatic carbocycles. The molecule has 1 aliphatic rings. The van der Waals surface area contributed by atoms with Crippen molar-refractivity contribution in [1.29, 1.82) is 0 Å². The SMILES string of the molecule is COC(=O)c1ccnnc1NC1CCCC1. The van der Waals surface area contributed by atoms with Crippen LogP contribution in [-0.2, 0) is 4.74 Å². The first kappa shape index (κ1) is 10.9. The largest absolute Gasteiger partial charge is 0.465 e. The zero-order valence-electron chi connectivity index (χ0n) is 9.27. The molecule has 0 saturated heterocycles. The Bertz CT molecular complexity index is 375. The normalized spacial score (nSPS) is 16.1. The lowest BCUT2D eigenvalue weighted by Gasteiger charge is -2.13. The number of carbonyl (C=O) groups excluding carboxylic acids is 1. The van der Waals surface area contributed by atoms with Crippen molar-refractivity contribution in [3.05, 3.63) is 17.8 Å². The first-order valence-electron chi connectivity index (χ1n) is 5.48. The molecular weight excluding hydrogens is 206 g/mol. The van der Waals surface area contributed by atoms with E-state index in [1.807, 2.05) is 0 Å². The molecule has 5 heteroatoms. The van der Waals surface area contributed by atoms with Gasteiger partial charge in [0.2, 0.25) is 0 Å². The quantitative estimate of drug-likeness (QED) is 0.786. The van der Waals surface area contributed by atoms with Gasteiger partial charge in [0.1, 0.15) is 5.56 Å². The van der Waals surface area contributed by atoms with Gasteiger partial charge in [0.15, 0.2) is 5.82 Å². The molecule has 1 saturated carbocycles. The van der Waals surface area contributed by atoms with Crippen molar-refractivity contribution >= 4 is 11.8 Å². The minimum Gasteiger partial charge on any atom is -0.465 e. The lowest BCUT2D eigenvalue weighted by Crippen LogP contribution is -2.19. The maximum Gasteiger partial charge on any atom is 0.341 e. The smallest absolute Gasteiger partial charge is 0.341 e. The Kier molecular flexibility index (Phi) is 3.34. The zero-order valence-corrected chi connectivity index (χ0v) is 9.27. The van der Waals surface area contributed by atoms with Gasteiger partial charge >= 0.3 is 5.97 Å². The zero-order chi connectivity index (χ0) is 11.4. The molecule has 5 nitrogen and oxygen atoms in total. The third kappa shape index (κ3) is 2.29. The van der Waals surface area contributed by atoms with E-state index in [0.29, 0.717) is 17.4 Å². The molecule has 0 atom stereocenters. The van der Waals surface area contributed by atoms with E-state index in [0.717, 1.165) is 12.8 Å². The van der Waals surface area contributed by atoms with E-state index in [9.17, 15) is 4.79 Å². The number of aromatic nitrogens is 2. The van der Waals surface area contributed by atoms with Crippen LogP contribution in [0.5, 0.6) is 0 Å². The number of nitrogens with zero attached hydrogens (tertiary/aromatic N) is 2. The maximum absolute atomic E-state index is 11.5. The molecule has 16 heavy (non-hydrogen) atoms. The van der Waals surface area contributed by atoms with E-state index in [-0.39, 0.29) is 5.97 Å². The minimum atomic E-state index is -0.379. The predicted octanol–water partition coefficient (Wildman–Crippen LogP) is 1.62. The summed E-state index contributed by atoms with van der Waals surface area (Å²) in [6.45, 7) is 0. The van der Waals surface area contributed by atoms with Gasteiger partial charge in [-0.25, -0.2) is 4.79 Å². The van der Waals surface area contributed by atoms with Crippen molar-refractivity contribution in [3.8, 4) is 0 Å². The molecule has 0 amide bonds. The van der Waals surface area contributed by atoms with Crippen LogP contribution in [0.25, 0.3) is 0 Å². The summed E-state index contributed by atoms with van der Waals surface area (Å²) in [5, 5.41) is 11.0. The average molecular weight is 221 g/mol. The molecule has 86 valence electrons. The van der Waals surface area contributed by atoms with E-state index in [2.05, 4.69) is 15.5 Å². The van der Waals surface area contributed by atoms with Crippen LogP contribution in [0.1, 0.15) is 36.0 Å². The lowest BCUT2D eigenvalue weighted by molar-refractivity contribution is 0.0601. The van der Waals surface area contributed by atoms with Gasteiger partial charge in [-0.15, -0.1) is 5.10 Å². The van der Waals surface area contributed by atoms with Crippen LogP contribution < -0.4 is 5.32 Å². The molecule has 0 radical (unpaired) electrons. The second-order valence-corrected chi connectivity index (χ2v) is 3.91. The summed E-state index contributed by atoms with van der Waals surface area (Å²) in [6, 6.07) is 2.02. The van der Waals surface area contributed by atoms with Crippen LogP contribution >= 0.6 is 0 Å². The highest BCUT2D eigenvalue weighted by Crippen LogP contribution is 2.22. The lowest BCUT2D eigenvalue weighted by atomic mass is 10.2. The van der Waals surface area contributed by atoms with Gasteiger partial charge in [-0.05, 0) is 18.9 Å². The van der Waals surface area contributed by atoms with Gasteiger partial charge < -0.3 is 10.1 Å². The van der Waals surface area contributed by atoms with Gasteiger partial charge in [0.05, 0.1) is 13.3 Å². The van der Waals surface area contributed by atoms with Gasteiger partial charge in [0.25, 0.3) is 0 Å². The van der Waals surface area contributed by atoms with E-state index >= 15 is 0 Å². The third-order valence-electron chi connectivity index (χ3n) is 2.82. The van der Waals surface area contributed by atoms with Crippen molar-refractivity contribution in [2.75, 3.05) is 12.4 Å². The molecule has 0 unspecified atom stereocenters. The molecule has 1 heterocycles. The fourth-order valence-corrected chi connectivity index (χ4v) is 1.98. The van der Waals surface area contributed by atoms with Gasteiger partial charge in [-0.2, -0.15) is 5.10 Å². The maximum atomic E-state index is 11.5. The third-order valence-corrected chi connectivity index (χ3v) is 2.82. The van der Waals surface area contributed by atoms with E-state index in [1.165, 1.54) is 26.1 Å². The van der Waals surface area contributed by atoms with Crippen molar-refractivity contribution in [3.63, 3.8) is 0 Å². The number of carbonyl (C=O) groups is 1. The van der Waals surface area contributed by atoms with Crippen LogP contribution in [0.2, 0.25) is 0 Å². The molecule has 0 aliphatic heterocycles. The summed E-state index contributed by atoms with van der Waals surface area (Å²) < 4.78 is 4.69. The predicted molar refractivity (Wildman–Crippen MR) is 59.3 cm³/mol. The van der Waals surface area contributed by atoms with Gasteiger partial charge in [0, 0.05) is 6.04 Å². The summed E-state index contributed by atoms with van der Waals surface area (Å²) in [4.78, 5) is 11.5. The highest BCUT2D eigenvalue weighted by atomic mass is 16.5. The second kappa shape index (κ2) is 4.92. The minimum absolute atomic E-state index is 0.379. The molecule has 1 fully saturated rings. The summed E-state index contributed by atoms with van der Waals surface area (Å²) in [6.07, 6.45) is 6.19. The number of ether oxygens (including phenoxy) is 1. The Morgan fingerprint density at radius 3 is 2.94 bits per heavy atom. The van der Waals surface area contributed by atoms with Crippen LogP contribution in [0.3, 0.4) is 0 Å². The van der Waals surface area contributed by atoms with E-state index < -0.39 is 0 Å². The topological polar surface area (TPSA) is 64.1 Å². The molecule has 1 N–H and O–H groups in total. The van der Waals surface area contributed by atoms with Crippen molar-refractivity contribution in [1.82, 2.24) is 10.2 Å². The second-order valence-electron chi connectivity index (χ2n) is 3.91. The molecule has 1 aliphatic carbocycles. The molecule has 0 spiro atoms. The van der Waals surface area contributed by atoms with Crippen LogP contribution in [0.15, 0.2) is 12.3 Å². The molecule has 2 rings (SSSR count). The average Bonchev–Trinajstić information content (AvgIpc) is 2.82. The number of hydrogen-bond acceptors (Lipinski definition) is 5. The van der Waals surface area contributed by atoms with E-state index in [1.54, 1.807) is 6.07 Å². The van der Waals surface area contributed by atoms with Crippen molar-refractivity contribution in [2.24, 2.45) is 0 Å². The first-order chi connectivity index (χ1) is 7.81. The highest BCUT2D eigenvalue weighted by Gasteiger charge is 2.19. The Balaban J connectivity index is 2.15. The number of nitrogens with one attached hydrogen (secondary N) is 1. The molecule has 1 aromatic heterocycles. The highest BCUT2D eigenvalue weighted by molar-refractivity contribution is 5.94. The van der Waals surface area contributed by atoms with Gasteiger partial charge in [-0.1, -0.05) is 12.8 Å². The van der Waals surface area contributed by atoms with Crippen LogP contribution in [-0.4, -0.2) is 29.3 Å². The fourth-order valence-electron chi connectivity index (χ4n) is 1.98. The monoisotopic (exact) mass is 221 g/mol. The number of hydrogen-bond donors (Lipinski definition) is 1. The fraction of sp³-hybridized carbons (Fsp3) is 0.545. The molecule has 0 bridgehead atoms. The number of methoxy groups -OCH3 is 1. The summed E-state index contributed by atoms with van der Waals surface area (Å²) in [5.74, 6) is 0.150. The summed E-state index contributed by atoms with van der Waals surface area (Å²) in [7, 11) is 1.36. The molecular formula is C11H15N3O2. The Labute approximate surface area is 94.2 Å². The van der Waals surface area contributed by atoms with Crippen molar-refractivity contribution < 1.29 is 9.53 Å². The van der Waals surface area contributed by atoms with E-state index in [4.69, 9.17) is 4.74 Å². The summed E-state index contributed by atoms with van der Waals surface area (Å²) in [5.41, 5.74) is 0.449. The number of rotatable bonds is 3. The molecule has 1 aromatic rings.